The Hall–Kier alpha value is -2.52. The van der Waals surface area contributed by atoms with Crippen molar-refractivity contribution < 1.29 is 22.7 Å². The third-order valence-electron chi connectivity index (χ3n) is 2.88. The Balaban J connectivity index is 2.65. The van der Waals surface area contributed by atoms with Crippen LogP contribution in [0.4, 0.5) is 13.2 Å². The summed E-state index contributed by atoms with van der Waals surface area (Å²) in [5.41, 5.74) is 0.288. The van der Waals surface area contributed by atoms with Gasteiger partial charge >= 0.3 is 6.18 Å². The van der Waals surface area contributed by atoms with Crippen LogP contribution in [0.2, 0.25) is 0 Å². The second kappa shape index (κ2) is 9.98. The van der Waals surface area contributed by atoms with Crippen molar-refractivity contribution in [3.05, 3.63) is 23.9 Å². The van der Waals surface area contributed by atoms with Gasteiger partial charge in [0.1, 0.15) is 0 Å². The van der Waals surface area contributed by atoms with Crippen LogP contribution in [-0.4, -0.2) is 48.3 Å². The summed E-state index contributed by atoms with van der Waals surface area (Å²) in [6.45, 7) is 6.93. The molecule has 0 bridgehead atoms. The van der Waals surface area contributed by atoms with E-state index in [0.717, 1.165) is 0 Å². The molecule has 1 amide bonds. The zero-order valence-corrected chi connectivity index (χ0v) is 15.9. The molecule has 0 aromatic carbocycles. The first-order valence-electron chi connectivity index (χ1n) is 8.46. The summed E-state index contributed by atoms with van der Waals surface area (Å²) >= 11 is 0. The SMILES string of the molecule is CCNC(=NCc1ccnc(OCC(F)(F)F)c1)NCC(=O)NC(C)(C)C. The number of carbonyl (C=O) groups is 1. The molecule has 7 nitrogen and oxygen atoms in total. The van der Waals surface area contributed by atoms with E-state index in [-0.39, 0.29) is 30.4 Å². The van der Waals surface area contributed by atoms with Gasteiger partial charge < -0.3 is 20.7 Å². The Labute approximate surface area is 156 Å². The van der Waals surface area contributed by atoms with E-state index in [1.54, 1.807) is 6.07 Å². The second-order valence-electron chi connectivity index (χ2n) is 6.75. The Morgan fingerprint density at radius 2 is 1.96 bits per heavy atom. The topological polar surface area (TPSA) is 87.6 Å². The summed E-state index contributed by atoms with van der Waals surface area (Å²) in [6, 6.07) is 3.02. The molecule has 0 unspecified atom stereocenters. The zero-order chi connectivity index (χ0) is 20.5. The quantitative estimate of drug-likeness (QED) is 0.490. The molecule has 0 aliphatic heterocycles. The van der Waals surface area contributed by atoms with Crippen molar-refractivity contribution in [1.82, 2.24) is 20.9 Å². The molecule has 27 heavy (non-hydrogen) atoms. The van der Waals surface area contributed by atoms with Crippen molar-refractivity contribution in [1.29, 1.82) is 0 Å². The number of aliphatic imine (C=N–C) groups is 1. The number of pyridine rings is 1. The van der Waals surface area contributed by atoms with Gasteiger partial charge in [-0.1, -0.05) is 0 Å². The maximum atomic E-state index is 12.2. The third kappa shape index (κ3) is 10.9. The first-order chi connectivity index (χ1) is 12.5. The lowest BCUT2D eigenvalue weighted by Crippen LogP contribution is -2.48. The van der Waals surface area contributed by atoms with Crippen molar-refractivity contribution in [3.63, 3.8) is 0 Å². The molecular weight excluding hydrogens is 363 g/mol. The number of nitrogens with one attached hydrogen (secondary N) is 3. The minimum absolute atomic E-state index is 0.0411. The van der Waals surface area contributed by atoms with E-state index >= 15 is 0 Å². The Kier molecular flexibility index (Phi) is 8.32. The fraction of sp³-hybridized carbons (Fsp3) is 0.588. The van der Waals surface area contributed by atoms with E-state index in [9.17, 15) is 18.0 Å². The lowest BCUT2D eigenvalue weighted by molar-refractivity contribution is -0.154. The van der Waals surface area contributed by atoms with Gasteiger partial charge in [-0.3, -0.25) is 4.79 Å². The molecule has 0 radical (unpaired) electrons. The number of hydrogen-bond acceptors (Lipinski definition) is 4. The molecule has 0 saturated carbocycles. The number of nitrogens with zero attached hydrogens (tertiary/aromatic N) is 2. The fourth-order valence-electron chi connectivity index (χ4n) is 1.92. The molecule has 0 saturated heterocycles. The van der Waals surface area contributed by atoms with Gasteiger partial charge in [0.2, 0.25) is 11.8 Å². The number of hydrogen-bond donors (Lipinski definition) is 3. The summed E-state index contributed by atoms with van der Waals surface area (Å²) in [4.78, 5) is 19.9. The van der Waals surface area contributed by atoms with Gasteiger partial charge in [0.05, 0.1) is 13.1 Å². The number of alkyl halides is 3. The van der Waals surface area contributed by atoms with Crippen molar-refractivity contribution in [2.24, 2.45) is 4.99 Å². The van der Waals surface area contributed by atoms with Gasteiger partial charge in [-0.2, -0.15) is 13.2 Å². The third-order valence-corrected chi connectivity index (χ3v) is 2.88. The summed E-state index contributed by atoms with van der Waals surface area (Å²) in [5, 5.41) is 8.72. The molecule has 152 valence electrons. The van der Waals surface area contributed by atoms with Gasteiger partial charge in [0, 0.05) is 24.3 Å². The molecule has 10 heteroatoms. The highest BCUT2D eigenvalue weighted by atomic mass is 19.4. The maximum Gasteiger partial charge on any atom is 0.422 e. The van der Waals surface area contributed by atoms with E-state index in [2.05, 4.69) is 30.7 Å². The standard InChI is InChI=1S/C17H26F3N5O2/c1-5-21-15(24-10-13(26)25-16(2,3)4)23-9-12-6-7-22-14(8-12)27-11-17(18,19)20/h6-8H,5,9-11H2,1-4H3,(H,25,26)(H2,21,23,24). The van der Waals surface area contributed by atoms with Crippen LogP contribution in [0.15, 0.2) is 23.3 Å². The molecule has 0 aliphatic carbocycles. The summed E-state index contributed by atoms with van der Waals surface area (Å²) in [7, 11) is 0. The lowest BCUT2D eigenvalue weighted by Gasteiger charge is -2.21. The minimum Gasteiger partial charge on any atom is -0.468 e. The molecular formula is C17H26F3N5O2. The first-order valence-corrected chi connectivity index (χ1v) is 8.46. The number of aromatic nitrogens is 1. The average molecular weight is 389 g/mol. The molecule has 1 rings (SSSR count). The largest absolute Gasteiger partial charge is 0.468 e. The fourth-order valence-corrected chi connectivity index (χ4v) is 1.92. The number of ether oxygens (including phenoxy) is 1. The van der Waals surface area contributed by atoms with Crippen LogP contribution in [0.1, 0.15) is 33.3 Å². The molecule has 1 heterocycles. The predicted molar refractivity (Wildman–Crippen MR) is 96.5 cm³/mol. The van der Waals surface area contributed by atoms with Gasteiger partial charge in [-0.25, -0.2) is 9.98 Å². The van der Waals surface area contributed by atoms with Crippen LogP contribution in [0.5, 0.6) is 5.88 Å². The monoisotopic (exact) mass is 389 g/mol. The van der Waals surface area contributed by atoms with Crippen LogP contribution < -0.4 is 20.7 Å². The van der Waals surface area contributed by atoms with E-state index in [0.29, 0.717) is 18.1 Å². The lowest BCUT2D eigenvalue weighted by atomic mass is 10.1. The number of amides is 1. The average Bonchev–Trinajstić information content (AvgIpc) is 2.54. The summed E-state index contributed by atoms with van der Waals surface area (Å²) < 4.78 is 41.3. The van der Waals surface area contributed by atoms with Crippen LogP contribution in [0.3, 0.4) is 0 Å². The van der Waals surface area contributed by atoms with Crippen LogP contribution in [0.25, 0.3) is 0 Å². The minimum atomic E-state index is -4.42. The van der Waals surface area contributed by atoms with Gasteiger partial charge in [0.15, 0.2) is 12.6 Å². The number of guanidine groups is 1. The normalized spacial score (nSPS) is 12.5. The van der Waals surface area contributed by atoms with E-state index < -0.39 is 12.8 Å². The first kappa shape index (κ1) is 22.5. The van der Waals surface area contributed by atoms with Gasteiger partial charge in [-0.05, 0) is 39.3 Å². The van der Waals surface area contributed by atoms with E-state index in [4.69, 9.17) is 0 Å². The Morgan fingerprint density at radius 1 is 1.26 bits per heavy atom. The smallest absolute Gasteiger partial charge is 0.422 e. The van der Waals surface area contributed by atoms with Gasteiger partial charge in [-0.15, -0.1) is 0 Å². The van der Waals surface area contributed by atoms with Crippen molar-refractivity contribution in [2.75, 3.05) is 19.7 Å². The Morgan fingerprint density at radius 3 is 2.56 bits per heavy atom. The van der Waals surface area contributed by atoms with Crippen LogP contribution >= 0.6 is 0 Å². The summed E-state index contributed by atoms with van der Waals surface area (Å²) in [5.74, 6) is 0.110. The molecule has 0 aliphatic rings. The van der Waals surface area contributed by atoms with Crippen molar-refractivity contribution in [3.8, 4) is 5.88 Å². The molecule has 1 aromatic rings. The molecule has 3 N–H and O–H groups in total. The molecule has 0 atom stereocenters. The highest BCUT2D eigenvalue weighted by Crippen LogP contribution is 2.17. The maximum absolute atomic E-state index is 12.2. The molecule has 1 aromatic heterocycles. The summed E-state index contributed by atoms with van der Waals surface area (Å²) in [6.07, 6.45) is -3.07. The Bertz CT molecular complexity index is 642. The number of halogens is 3. The van der Waals surface area contributed by atoms with E-state index in [1.807, 2.05) is 27.7 Å². The van der Waals surface area contributed by atoms with Crippen molar-refractivity contribution >= 4 is 11.9 Å². The number of rotatable bonds is 7. The molecule has 0 spiro atoms. The molecule has 0 fully saturated rings. The van der Waals surface area contributed by atoms with Gasteiger partial charge in [0.25, 0.3) is 0 Å². The van der Waals surface area contributed by atoms with Crippen LogP contribution in [-0.2, 0) is 11.3 Å². The van der Waals surface area contributed by atoms with E-state index in [1.165, 1.54) is 12.3 Å². The number of carbonyl (C=O) groups excluding carboxylic acids is 1. The highest BCUT2D eigenvalue weighted by Gasteiger charge is 2.28. The second-order valence-corrected chi connectivity index (χ2v) is 6.75. The highest BCUT2D eigenvalue weighted by molar-refractivity contribution is 5.86. The van der Waals surface area contributed by atoms with Crippen LogP contribution in [0, 0.1) is 0 Å². The van der Waals surface area contributed by atoms with Crippen molar-refractivity contribution in [2.45, 2.75) is 46.0 Å². The predicted octanol–water partition coefficient (Wildman–Crippen LogP) is 1.99. The zero-order valence-electron chi connectivity index (χ0n) is 15.9.